The molecule has 0 N–H and O–H groups in total. The number of nitrogens with zero attached hydrogens (tertiary/aromatic N) is 2. The molecule has 1 atom stereocenters. The number of fused-ring (bicyclic) bond motifs is 1. The molecule has 2 aromatic carbocycles. The summed E-state index contributed by atoms with van der Waals surface area (Å²) in [4.78, 5) is 16.9. The third-order valence-corrected chi connectivity index (χ3v) is 5.06. The Kier molecular flexibility index (Phi) is 5.49. The maximum absolute atomic E-state index is 13.4. The van der Waals surface area contributed by atoms with Crippen molar-refractivity contribution in [2.45, 2.75) is 32.9 Å². The number of halogens is 1. The average molecular weight is 340 g/mol. The molecule has 0 radical (unpaired) electrons. The van der Waals surface area contributed by atoms with Crippen LogP contribution in [0.4, 0.5) is 4.39 Å². The second-order valence-electron chi connectivity index (χ2n) is 6.63. The third kappa shape index (κ3) is 4.07. The second kappa shape index (κ2) is 7.79. The van der Waals surface area contributed by atoms with Gasteiger partial charge in [-0.1, -0.05) is 36.4 Å². The summed E-state index contributed by atoms with van der Waals surface area (Å²) >= 11 is 0. The summed E-state index contributed by atoms with van der Waals surface area (Å²) in [6.45, 7) is 6.62. The predicted molar refractivity (Wildman–Crippen MR) is 97.6 cm³/mol. The van der Waals surface area contributed by atoms with Gasteiger partial charge in [0.2, 0.25) is 5.91 Å². The van der Waals surface area contributed by atoms with Gasteiger partial charge in [0.15, 0.2) is 0 Å². The van der Waals surface area contributed by atoms with E-state index in [-0.39, 0.29) is 17.8 Å². The van der Waals surface area contributed by atoms with Gasteiger partial charge in [0, 0.05) is 25.7 Å². The van der Waals surface area contributed by atoms with Crippen LogP contribution in [0.15, 0.2) is 48.5 Å². The van der Waals surface area contributed by atoms with Crippen LogP contribution in [0.5, 0.6) is 0 Å². The van der Waals surface area contributed by atoms with Crippen LogP contribution in [0, 0.1) is 5.82 Å². The minimum Gasteiger partial charge on any atom is -0.338 e. The first-order valence-corrected chi connectivity index (χ1v) is 8.92. The van der Waals surface area contributed by atoms with Crippen LogP contribution in [0.25, 0.3) is 0 Å². The van der Waals surface area contributed by atoms with E-state index < -0.39 is 0 Å². The van der Waals surface area contributed by atoms with Gasteiger partial charge in [-0.15, -0.1) is 0 Å². The van der Waals surface area contributed by atoms with Crippen LogP contribution in [0.1, 0.15) is 36.6 Å². The fraction of sp³-hybridized carbons (Fsp3) is 0.381. The van der Waals surface area contributed by atoms with E-state index in [0.29, 0.717) is 19.6 Å². The van der Waals surface area contributed by atoms with E-state index in [0.717, 1.165) is 29.7 Å². The topological polar surface area (TPSA) is 23.6 Å². The van der Waals surface area contributed by atoms with E-state index in [2.05, 4.69) is 11.8 Å². The maximum atomic E-state index is 13.4. The van der Waals surface area contributed by atoms with Crippen molar-refractivity contribution in [3.05, 3.63) is 71.0 Å². The first-order valence-electron chi connectivity index (χ1n) is 8.92. The monoisotopic (exact) mass is 340 g/mol. The molecule has 0 saturated heterocycles. The van der Waals surface area contributed by atoms with E-state index in [9.17, 15) is 9.18 Å². The van der Waals surface area contributed by atoms with Gasteiger partial charge in [0.25, 0.3) is 0 Å². The lowest BCUT2D eigenvalue weighted by Gasteiger charge is -2.36. The zero-order valence-electron chi connectivity index (χ0n) is 14.9. The molecule has 0 bridgehead atoms. The summed E-state index contributed by atoms with van der Waals surface area (Å²) in [6, 6.07) is 15.2. The summed E-state index contributed by atoms with van der Waals surface area (Å²) in [5.74, 6) is -0.0424. The van der Waals surface area contributed by atoms with E-state index >= 15 is 0 Å². The summed E-state index contributed by atoms with van der Waals surface area (Å²) in [5, 5.41) is 0. The second-order valence-corrected chi connectivity index (χ2v) is 6.63. The van der Waals surface area contributed by atoms with Crippen LogP contribution in [0.2, 0.25) is 0 Å². The molecule has 3 rings (SSSR count). The fourth-order valence-electron chi connectivity index (χ4n) is 3.52. The van der Waals surface area contributed by atoms with E-state index in [4.69, 9.17) is 0 Å². The number of carbonyl (C=O) groups excluding carboxylic acids is 1. The lowest BCUT2D eigenvalue weighted by molar-refractivity contribution is -0.133. The number of carbonyl (C=O) groups is 1. The van der Waals surface area contributed by atoms with Crippen molar-refractivity contribution in [1.29, 1.82) is 0 Å². The van der Waals surface area contributed by atoms with Crippen LogP contribution in [0.3, 0.4) is 0 Å². The Hall–Kier alpha value is -2.20. The van der Waals surface area contributed by atoms with E-state index in [1.165, 1.54) is 6.07 Å². The third-order valence-electron chi connectivity index (χ3n) is 5.06. The maximum Gasteiger partial charge on any atom is 0.237 e. The van der Waals surface area contributed by atoms with E-state index in [1.54, 1.807) is 6.07 Å². The molecule has 132 valence electrons. The highest BCUT2D eigenvalue weighted by molar-refractivity contribution is 5.78. The first-order chi connectivity index (χ1) is 12.1. The van der Waals surface area contributed by atoms with Crippen LogP contribution >= 0.6 is 0 Å². The number of rotatable bonds is 5. The molecule has 1 aliphatic rings. The van der Waals surface area contributed by atoms with Gasteiger partial charge in [-0.25, -0.2) is 4.39 Å². The molecular formula is C21H25FN2O. The molecule has 0 aromatic heterocycles. The Morgan fingerprint density at radius 3 is 2.72 bits per heavy atom. The van der Waals surface area contributed by atoms with Crippen molar-refractivity contribution in [1.82, 2.24) is 9.80 Å². The molecule has 0 fully saturated rings. The molecule has 1 unspecified atom stereocenters. The van der Waals surface area contributed by atoms with Gasteiger partial charge in [-0.05, 0) is 49.1 Å². The summed E-state index contributed by atoms with van der Waals surface area (Å²) in [7, 11) is 0. The van der Waals surface area contributed by atoms with Crippen molar-refractivity contribution >= 4 is 5.91 Å². The predicted octanol–water partition coefficient (Wildman–Crippen LogP) is 3.79. The Bertz CT molecular complexity index is 732. The standard InChI is InChI=1S/C21H25FN2O/c1-3-23(14-17-7-5-4-6-8-17)21(25)15-24-12-11-18-13-19(22)9-10-20(18)16(24)2/h4-10,13,16H,3,11-12,14-15H2,1-2H3. The van der Waals surface area contributed by atoms with Crippen LogP contribution in [-0.2, 0) is 17.8 Å². The molecule has 0 spiro atoms. The smallest absolute Gasteiger partial charge is 0.237 e. The Labute approximate surface area is 149 Å². The molecule has 25 heavy (non-hydrogen) atoms. The van der Waals surface area contributed by atoms with E-state index in [1.807, 2.05) is 48.2 Å². The first kappa shape index (κ1) is 17.6. The lowest BCUT2D eigenvalue weighted by Crippen LogP contribution is -2.43. The highest BCUT2D eigenvalue weighted by Crippen LogP contribution is 2.29. The molecule has 2 aromatic rings. The lowest BCUT2D eigenvalue weighted by atomic mass is 9.93. The summed E-state index contributed by atoms with van der Waals surface area (Å²) in [6.07, 6.45) is 0.787. The zero-order chi connectivity index (χ0) is 17.8. The normalized spacial score (nSPS) is 17.2. The summed E-state index contributed by atoms with van der Waals surface area (Å²) < 4.78 is 13.4. The SMILES string of the molecule is CCN(Cc1ccccc1)C(=O)CN1CCc2cc(F)ccc2C1C. The van der Waals surface area contributed by atoms with Gasteiger partial charge in [-0.3, -0.25) is 9.69 Å². The van der Waals surface area contributed by atoms with Gasteiger partial charge < -0.3 is 4.90 Å². The van der Waals surface area contributed by atoms with Gasteiger partial charge in [0.05, 0.1) is 6.54 Å². The molecule has 0 saturated carbocycles. The van der Waals surface area contributed by atoms with Gasteiger partial charge >= 0.3 is 0 Å². The van der Waals surface area contributed by atoms with Crippen molar-refractivity contribution in [3.8, 4) is 0 Å². The molecule has 1 amide bonds. The number of hydrogen-bond acceptors (Lipinski definition) is 2. The number of amides is 1. The Morgan fingerprint density at radius 1 is 1.24 bits per heavy atom. The summed E-state index contributed by atoms with van der Waals surface area (Å²) in [5.41, 5.74) is 3.34. The largest absolute Gasteiger partial charge is 0.338 e. The fourth-order valence-corrected chi connectivity index (χ4v) is 3.52. The Balaban J connectivity index is 1.66. The van der Waals surface area contributed by atoms with Gasteiger partial charge in [-0.2, -0.15) is 0 Å². The highest BCUT2D eigenvalue weighted by atomic mass is 19.1. The van der Waals surface area contributed by atoms with Crippen molar-refractivity contribution in [2.75, 3.05) is 19.6 Å². The molecule has 4 heteroatoms. The number of hydrogen-bond donors (Lipinski definition) is 0. The van der Waals surface area contributed by atoms with Crippen LogP contribution < -0.4 is 0 Å². The molecule has 0 aliphatic carbocycles. The van der Waals surface area contributed by atoms with Crippen molar-refractivity contribution in [3.63, 3.8) is 0 Å². The zero-order valence-corrected chi connectivity index (χ0v) is 14.9. The molecule has 1 aliphatic heterocycles. The van der Waals surface area contributed by atoms with Crippen molar-refractivity contribution < 1.29 is 9.18 Å². The molecular weight excluding hydrogens is 315 g/mol. The number of benzene rings is 2. The Morgan fingerprint density at radius 2 is 2.00 bits per heavy atom. The number of likely N-dealkylation sites (N-methyl/N-ethyl adjacent to an activating group) is 1. The quantitative estimate of drug-likeness (QED) is 0.827. The minimum absolute atomic E-state index is 0.128. The molecule has 3 nitrogen and oxygen atoms in total. The molecule has 1 heterocycles. The minimum atomic E-state index is -0.185. The highest BCUT2D eigenvalue weighted by Gasteiger charge is 2.27. The van der Waals surface area contributed by atoms with Crippen LogP contribution in [-0.4, -0.2) is 35.3 Å². The van der Waals surface area contributed by atoms with Gasteiger partial charge in [0.1, 0.15) is 5.82 Å². The van der Waals surface area contributed by atoms with Crippen molar-refractivity contribution in [2.24, 2.45) is 0 Å². The average Bonchev–Trinajstić information content (AvgIpc) is 2.62.